The predicted molar refractivity (Wildman–Crippen MR) is 74.9 cm³/mol. The van der Waals surface area contributed by atoms with Crippen LogP contribution in [0.1, 0.15) is 32.1 Å². The van der Waals surface area contributed by atoms with Crippen molar-refractivity contribution in [1.29, 1.82) is 0 Å². The minimum absolute atomic E-state index is 0.0738. The van der Waals surface area contributed by atoms with E-state index in [0.717, 1.165) is 19.5 Å². The molecule has 104 valence electrons. The summed E-state index contributed by atoms with van der Waals surface area (Å²) in [7, 11) is 1.70. The fourth-order valence-electron chi connectivity index (χ4n) is 2.93. The summed E-state index contributed by atoms with van der Waals surface area (Å²) in [5.74, 6) is 0.134. The third kappa shape index (κ3) is 3.19. The molecule has 0 radical (unpaired) electrons. The molecule has 0 bridgehead atoms. The molecule has 1 aliphatic heterocycles. The highest BCUT2D eigenvalue weighted by Crippen LogP contribution is 2.39. The second kappa shape index (κ2) is 6.26. The molecule has 1 aliphatic carbocycles. The highest BCUT2D eigenvalue weighted by molar-refractivity contribution is 8.00. The van der Waals surface area contributed by atoms with Crippen LogP contribution < -0.4 is 10.6 Å². The van der Waals surface area contributed by atoms with E-state index in [1.54, 1.807) is 7.11 Å². The molecule has 4 nitrogen and oxygen atoms in total. The summed E-state index contributed by atoms with van der Waals surface area (Å²) in [5, 5.41) is 6.34. The fourth-order valence-corrected chi connectivity index (χ4v) is 3.84. The number of ether oxygens (including phenoxy) is 1. The van der Waals surface area contributed by atoms with Crippen molar-refractivity contribution >= 4 is 17.7 Å². The number of hydrogen-bond donors (Lipinski definition) is 2. The largest absolute Gasteiger partial charge is 0.380 e. The maximum Gasteiger partial charge on any atom is 0.237 e. The standard InChI is InChI=1S/C13H24N2O2S/c1-17-10-7-11(14-8-10)12(16)15-9-13(18-2)5-3-4-6-13/h10-11,14H,3-9H2,1-2H3,(H,15,16). The van der Waals surface area contributed by atoms with E-state index < -0.39 is 0 Å². The zero-order valence-corrected chi connectivity index (χ0v) is 12.1. The van der Waals surface area contributed by atoms with Gasteiger partial charge in [0.05, 0.1) is 12.1 Å². The lowest BCUT2D eigenvalue weighted by atomic mass is 10.1. The van der Waals surface area contributed by atoms with Crippen LogP contribution in [-0.2, 0) is 9.53 Å². The third-order valence-electron chi connectivity index (χ3n) is 4.27. The van der Waals surface area contributed by atoms with Gasteiger partial charge in [-0.3, -0.25) is 4.79 Å². The maximum atomic E-state index is 12.1. The van der Waals surface area contributed by atoms with Crippen molar-refractivity contribution in [2.45, 2.75) is 49.0 Å². The molecule has 2 unspecified atom stereocenters. The molecule has 0 aromatic heterocycles. The Morgan fingerprint density at radius 1 is 1.50 bits per heavy atom. The first-order valence-electron chi connectivity index (χ1n) is 6.78. The van der Waals surface area contributed by atoms with E-state index in [1.165, 1.54) is 25.7 Å². The lowest BCUT2D eigenvalue weighted by Crippen LogP contribution is -2.45. The van der Waals surface area contributed by atoms with Crippen LogP contribution in [0.3, 0.4) is 0 Å². The molecule has 0 spiro atoms. The Labute approximate surface area is 114 Å². The Kier molecular flexibility index (Phi) is 4.92. The summed E-state index contributed by atoms with van der Waals surface area (Å²) in [6.07, 6.45) is 8.18. The van der Waals surface area contributed by atoms with Crippen LogP contribution in [0.15, 0.2) is 0 Å². The molecule has 2 rings (SSSR count). The minimum atomic E-state index is -0.0738. The van der Waals surface area contributed by atoms with E-state index in [-0.39, 0.29) is 22.8 Å². The number of nitrogens with one attached hydrogen (secondary N) is 2. The summed E-state index contributed by atoms with van der Waals surface area (Å²) >= 11 is 1.91. The van der Waals surface area contributed by atoms with Gasteiger partial charge in [0, 0.05) is 24.9 Å². The zero-order valence-electron chi connectivity index (χ0n) is 11.3. The van der Waals surface area contributed by atoms with Crippen molar-refractivity contribution in [2.75, 3.05) is 26.5 Å². The van der Waals surface area contributed by atoms with Crippen LogP contribution in [0.2, 0.25) is 0 Å². The molecule has 2 atom stereocenters. The molecule has 2 aliphatic rings. The van der Waals surface area contributed by atoms with Crippen molar-refractivity contribution < 1.29 is 9.53 Å². The Morgan fingerprint density at radius 3 is 2.78 bits per heavy atom. The van der Waals surface area contributed by atoms with E-state index in [4.69, 9.17) is 4.74 Å². The molecule has 0 aromatic carbocycles. The minimum Gasteiger partial charge on any atom is -0.380 e. The summed E-state index contributed by atoms with van der Waals surface area (Å²) < 4.78 is 5.55. The third-order valence-corrected chi connectivity index (χ3v) is 5.69. The molecule has 5 heteroatoms. The smallest absolute Gasteiger partial charge is 0.237 e. The first kappa shape index (κ1) is 14.2. The van der Waals surface area contributed by atoms with Gasteiger partial charge in [0.15, 0.2) is 0 Å². The van der Waals surface area contributed by atoms with Gasteiger partial charge < -0.3 is 15.4 Å². The van der Waals surface area contributed by atoms with E-state index in [1.807, 2.05) is 11.8 Å². The van der Waals surface area contributed by atoms with Gasteiger partial charge in [-0.2, -0.15) is 11.8 Å². The Bertz CT molecular complexity index is 293. The first-order valence-corrected chi connectivity index (χ1v) is 8.01. The predicted octanol–water partition coefficient (Wildman–Crippen LogP) is 1.16. The Hall–Kier alpha value is -0.260. The molecule has 1 saturated heterocycles. The normalized spacial score (nSPS) is 30.6. The van der Waals surface area contributed by atoms with Gasteiger partial charge in [-0.15, -0.1) is 0 Å². The Balaban J connectivity index is 1.78. The average molecular weight is 272 g/mol. The zero-order chi connectivity index (χ0) is 13.0. The molecule has 0 aromatic rings. The molecule has 2 N–H and O–H groups in total. The summed E-state index contributed by atoms with van der Waals surface area (Å²) in [5.41, 5.74) is 0. The highest BCUT2D eigenvalue weighted by Gasteiger charge is 2.35. The number of methoxy groups -OCH3 is 1. The van der Waals surface area contributed by atoms with Crippen molar-refractivity contribution in [1.82, 2.24) is 10.6 Å². The number of carbonyl (C=O) groups excluding carboxylic acids is 1. The van der Waals surface area contributed by atoms with Crippen molar-refractivity contribution in [3.05, 3.63) is 0 Å². The average Bonchev–Trinajstić information content (AvgIpc) is 3.05. The molecule has 1 heterocycles. The van der Waals surface area contributed by atoms with E-state index in [9.17, 15) is 4.79 Å². The molecular weight excluding hydrogens is 248 g/mol. The van der Waals surface area contributed by atoms with Gasteiger partial charge in [0.25, 0.3) is 0 Å². The van der Waals surface area contributed by atoms with Crippen molar-refractivity contribution in [3.8, 4) is 0 Å². The number of hydrogen-bond acceptors (Lipinski definition) is 4. The number of thioether (sulfide) groups is 1. The van der Waals surface area contributed by atoms with Crippen LogP contribution in [0.4, 0.5) is 0 Å². The summed E-state index contributed by atoms with van der Waals surface area (Å²) in [6, 6.07) is -0.0738. The van der Waals surface area contributed by atoms with Crippen LogP contribution in [0.25, 0.3) is 0 Å². The van der Waals surface area contributed by atoms with Gasteiger partial charge in [0.1, 0.15) is 0 Å². The molecular formula is C13H24N2O2S. The monoisotopic (exact) mass is 272 g/mol. The van der Waals surface area contributed by atoms with Gasteiger partial charge in [-0.05, 0) is 25.5 Å². The van der Waals surface area contributed by atoms with Gasteiger partial charge in [0.2, 0.25) is 5.91 Å². The van der Waals surface area contributed by atoms with Crippen LogP contribution in [0, 0.1) is 0 Å². The van der Waals surface area contributed by atoms with Gasteiger partial charge in [-0.1, -0.05) is 12.8 Å². The lowest BCUT2D eigenvalue weighted by Gasteiger charge is -2.27. The topological polar surface area (TPSA) is 50.4 Å². The SMILES string of the molecule is COC1CNC(C(=O)NCC2(SC)CCCC2)C1. The van der Waals surface area contributed by atoms with E-state index in [0.29, 0.717) is 0 Å². The van der Waals surface area contributed by atoms with Crippen molar-refractivity contribution in [3.63, 3.8) is 0 Å². The molecule has 1 saturated carbocycles. The fraction of sp³-hybridized carbons (Fsp3) is 0.923. The molecule has 2 fully saturated rings. The highest BCUT2D eigenvalue weighted by atomic mass is 32.2. The summed E-state index contributed by atoms with van der Waals surface area (Å²) in [6.45, 7) is 1.59. The Morgan fingerprint density at radius 2 is 2.22 bits per heavy atom. The first-order chi connectivity index (χ1) is 8.69. The van der Waals surface area contributed by atoms with Crippen molar-refractivity contribution in [2.24, 2.45) is 0 Å². The second-order valence-electron chi connectivity index (χ2n) is 5.37. The van der Waals surface area contributed by atoms with E-state index in [2.05, 4.69) is 16.9 Å². The van der Waals surface area contributed by atoms with Crippen LogP contribution in [-0.4, -0.2) is 49.3 Å². The van der Waals surface area contributed by atoms with Crippen LogP contribution >= 0.6 is 11.8 Å². The number of carbonyl (C=O) groups is 1. The summed E-state index contributed by atoms with van der Waals surface area (Å²) in [4.78, 5) is 12.1. The second-order valence-corrected chi connectivity index (χ2v) is 6.64. The van der Waals surface area contributed by atoms with Gasteiger partial charge >= 0.3 is 0 Å². The number of rotatable bonds is 5. The molecule has 1 amide bonds. The van der Waals surface area contributed by atoms with E-state index >= 15 is 0 Å². The maximum absolute atomic E-state index is 12.1. The quantitative estimate of drug-likeness (QED) is 0.788. The lowest BCUT2D eigenvalue weighted by molar-refractivity contribution is -0.123. The number of amides is 1. The van der Waals surface area contributed by atoms with Gasteiger partial charge in [-0.25, -0.2) is 0 Å². The van der Waals surface area contributed by atoms with Crippen LogP contribution in [0.5, 0.6) is 0 Å². The molecule has 18 heavy (non-hydrogen) atoms.